The lowest BCUT2D eigenvalue weighted by atomic mass is 10.1. The Morgan fingerprint density at radius 3 is 2.61 bits per heavy atom. The van der Waals surface area contributed by atoms with Gasteiger partial charge in [0, 0.05) is 16.4 Å². The van der Waals surface area contributed by atoms with E-state index in [0.29, 0.717) is 0 Å². The van der Waals surface area contributed by atoms with E-state index in [1.54, 1.807) is 0 Å². The summed E-state index contributed by atoms with van der Waals surface area (Å²) >= 11 is 2.31. The second-order valence-electron chi connectivity index (χ2n) is 5.02. The van der Waals surface area contributed by atoms with Crippen molar-refractivity contribution >= 4 is 22.6 Å². The number of aliphatic hydroxyl groups is 1. The summed E-state index contributed by atoms with van der Waals surface area (Å²) in [4.78, 5) is 0. The van der Waals surface area contributed by atoms with E-state index in [1.807, 2.05) is 12.1 Å². The summed E-state index contributed by atoms with van der Waals surface area (Å²) in [6.07, 6.45) is 3.82. The number of ether oxygens (including phenoxy) is 2. The van der Waals surface area contributed by atoms with Gasteiger partial charge >= 0.3 is 0 Å². The maximum atomic E-state index is 9.52. The van der Waals surface area contributed by atoms with Crippen molar-refractivity contribution in [2.45, 2.75) is 43.7 Å². The van der Waals surface area contributed by atoms with Crippen molar-refractivity contribution in [2.75, 3.05) is 6.61 Å². The van der Waals surface area contributed by atoms with Crippen molar-refractivity contribution in [3.63, 3.8) is 0 Å². The van der Waals surface area contributed by atoms with Gasteiger partial charge in [0.15, 0.2) is 5.79 Å². The first-order valence-corrected chi connectivity index (χ1v) is 7.53. The number of hydrogen-bond donors (Lipinski definition) is 1. The smallest absolute Gasteiger partial charge is 0.169 e. The Hall–Kier alpha value is -0.170. The summed E-state index contributed by atoms with van der Waals surface area (Å²) in [5.74, 6) is -0.434. The maximum absolute atomic E-state index is 9.52. The molecule has 0 bridgehead atoms. The third kappa shape index (κ3) is 2.19. The van der Waals surface area contributed by atoms with Crippen LogP contribution in [0.4, 0.5) is 0 Å². The molecule has 1 N–H and O–H groups in total. The zero-order valence-electron chi connectivity index (χ0n) is 10.1. The molecule has 1 saturated carbocycles. The lowest BCUT2D eigenvalue weighted by molar-refractivity contribution is -0.172. The van der Waals surface area contributed by atoms with Crippen molar-refractivity contribution in [1.29, 1.82) is 0 Å². The molecule has 2 fully saturated rings. The molecule has 1 aliphatic heterocycles. The van der Waals surface area contributed by atoms with Gasteiger partial charge in [0.05, 0.1) is 6.61 Å². The van der Waals surface area contributed by atoms with Crippen LogP contribution >= 0.6 is 22.6 Å². The second-order valence-corrected chi connectivity index (χ2v) is 6.18. The van der Waals surface area contributed by atoms with Crippen molar-refractivity contribution in [1.82, 2.24) is 0 Å². The molecule has 1 aromatic rings. The van der Waals surface area contributed by atoms with E-state index in [4.69, 9.17) is 9.47 Å². The Morgan fingerprint density at radius 2 is 1.94 bits per heavy atom. The minimum Gasteiger partial charge on any atom is -0.394 e. The molecule has 0 radical (unpaired) electrons. The van der Waals surface area contributed by atoms with Gasteiger partial charge in [0.25, 0.3) is 0 Å². The van der Waals surface area contributed by atoms with Crippen LogP contribution in [0.15, 0.2) is 24.3 Å². The van der Waals surface area contributed by atoms with Gasteiger partial charge in [-0.3, -0.25) is 0 Å². The minimum absolute atomic E-state index is 0.0113. The van der Waals surface area contributed by atoms with Crippen LogP contribution in [0.2, 0.25) is 0 Å². The third-order valence-electron chi connectivity index (χ3n) is 3.80. The van der Waals surface area contributed by atoms with Gasteiger partial charge in [-0.05, 0) is 47.1 Å². The van der Waals surface area contributed by atoms with Crippen LogP contribution in [0.5, 0.6) is 0 Å². The molecule has 0 aromatic heterocycles. The molecule has 3 rings (SSSR count). The molecule has 2 atom stereocenters. The molecule has 0 unspecified atom stereocenters. The number of hydrogen-bond acceptors (Lipinski definition) is 3. The molecular weight excluding hydrogens is 343 g/mol. The quantitative estimate of drug-likeness (QED) is 0.825. The molecule has 0 amide bonds. The van der Waals surface area contributed by atoms with E-state index < -0.39 is 5.79 Å². The summed E-state index contributed by atoms with van der Waals surface area (Å²) < 4.78 is 13.4. The molecule has 18 heavy (non-hydrogen) atoms. The standard InChI is InChI=1S/C14H17IO3/c15-11-6-2-1-5-10(11)13-12(9-16)17-14(18-13)7-3-4-8-14/h1-2,5-6,12-13,16H,3-4,7-9H2/t12-,13-/m1/s1. The van der Waals surface area contributed by atoms with Crippen LogP contribution in [-0.2, 0) is 9.47 Å². The highest BCUT2D eigenvalue weighted by Crippen LogP contribution is 2.47. The van der Waals surface area contributed by atoms with Gasteiger partial charge in [0.1, 0.15) is 12.2 Å². The average molecular weight is 360 g/mol. The second kappa shape index (κ2) is 5.07. The average Bonchev–Trinajstić information content (AvgIpc) is 2.98. The fraction of sp³-hybridized carbons (Fsp3) is 0.571. The van der Waals surface area contributed by atoms with E-state index >= 15 is 0 Å². The summed E-state index contributed by atoms with van der Waals surface area (Å²) in [5, 5.41) is 9.52. The highest BCUT2D eigenvalue weighted by molar-refractivity contribution is 14.1. The Kier molecular flexibility index (Phi) is 3.62. The summed E-state index contributed by atoms with van der Waals surface area (Å²) in [7, 11) is 0. The monoisotopic (exact) mass is 360 g/mol. The first-order valence-electron chi connectivity index (χ1n) is 6.45. The zero-order chi connectivity index (χ0) is 12.6. The first-order chi connectivity index (χ1) is 8.74. The normalized spacial score (nSPS) is 30.1. The Labute approximate surface area is 121 Å². The van der Waals surface area contributed by atoms with E-state index in [2.05, 4.69) is 34.7 Å². The first kappa shape index (κ1) is 12.8. The number of rotatable bonds is 2. The Bertz CT molecular complexity index is 429. The van der Waals surface area contributed by atoms with Gasteiger partial charge < -0.3 is 14.6 Å². The Balaban J connectivity index is 1.89. The van der Waals surface area contributed by atoms with E-state index in [1.165, 1.54) is 0 Å². The van der Waals surface area contributed by atoms with E-state index in [0.717, 1.165) is 34.8 Å². The van der Waals surface area contributed by atoms with Crippen LogP contribution in [0.3, 0.4) is 0 Å². The van der Waals surface area contributed by atoms with E-state index in [-0.39, 0.29) is 18.8 Å². The Morgan fingerprint density at radius 1 is 1.22 bits per heavy atom. The summed E-state index contributed by atoms with van der Waals surface area (Å²) in [6.45, 7) is 0.0113. The largest absolute Gasteiger partial charge is 0.394 e. The van der Waals surface area contributed by atoms with Crippen LogP contribution < -0.4 is 0 Å². The van der Waals surface area contributed by atoms with Crippen LogP contribution in [-0.4, -0.2) is 23.6 Å². The van der Waals surface area contributed by atoms with Crippen molar-refractivity contribution < 1.29 is 14.6 Å². The highest BCUT2D eigenvalue weighted by atomic mass is 127. The fourth-order valence-corrected chi connectivity index (χ4v) is 3.62. The van der Waals surface area contributed by atoms with E-state index in [9.17, 15) is 5.11 Å². The molecule has 1 heterocycles. The van der Waals surface area contributed by atoms with Gasteiger partial charge in [-0.15, -0.1) is 0 Å². The fourth-order valence-electron chi connectivity index (χ4n) is 2.92. The highest BCUT2D eigenvalue weighted by Gasteiger charge is 2.49. The molecule has 3 nitrogen and oxygen atoms in total. The molecule has 2 aliphatic rings. The predicted molar refractivity (Wildman–Crippen MR) is 76.1 cm³/mol. The van der Waals surface area contributed by atoms with Gasteiger partial charge in [0.2, 0.25) is 0 Å². The topological polar surface area (TPSA) is 38.7 Å². The number of aliphatic hydroxyl groups excluding tert-OH is 1. The molecule has 1 spiro atoms. The van der Waals surface area contributed by atoms with Crippen LogP contribution in [0.1, 0.15) is 37.4 Å². The zero-order valence-corrected chi connectivity index (χ0v) is 12.3. The van der Waals surface area contributed by atoms with Gasteiger partial charge in [-0.2, -0.15) is 0 Å². The van der Waals surface area contributed by atoms with Gasteiger partial charge in [-0.1, -0.05) is 18.2 Å². The predicted octanol–water partition coefficient (Wildman–Crippen LogP) is 3.01. The summed E-state index contributed by atoms with van der Waals surface area (Å²) in [5.41, 5.74) is 1.13. The summed E-state index contributed by atoms with van der Waals surface area (Å²) in [6, 6.07) is 8.15. The maximum Gasteiger partial charge on any atom is 0.169 e. The SMILES string of the molecule is OC[C@H]1OC2(CCCC2)O[C@@H]1c1ccccc1I. The molecule has 1 saturated heterocycles. The molecular formula is C14H17IO3. The molecule has 4 heteroatoms. The lowest BCUT2D eigenvalue weighted by Gasteiger charge is -2.22. The molecule has 1 aliphatic carbocycles. The van der Waals surface area contributed by atoms with Crippen molar-refractivity contribution in [3.05, 3.63) is 33.4 Å². The molecule has 98 valence electrons. The minimum atomic E-state index is -0.434. The number of halogens is 1. The van der Waals surface area contributed by atoms with Crippen molar-refractivity contribution in [3.8, 4) is 0 Å². The third-order valence-corrected chi connectivity index (χ3v) is 4.79. The van der Waals surface area contributed by atoms with Crippen LogP contribution in [0, 0.1) is 3.57 Å². The molecule has 1 aromatic carbocycles. The van der Waals surface area contributed by atoms with Gasteiger partial charge in [-0.25, -0.2) is 0 Å². The van der Waals surface area contributed by atoms with Crippen molar-refractivity contribution in [2.24, 2.45) is 0 Å². The number of benzene rings is 1. The lowest BCUT2D eigenvalue weighted by Crippen LogP contribution is -2.27. The van der Waals surface area contributed by atoms with Crippen LogP contribution in [0.25, 0.3) is 0 Å².